The third-order valence-electron chi connectivity index (χ3n) is 15.9. The number of rotatable bonds is 7. The van der Waals surface area contributed by atoms with E-state index in [4.69, 9.17) is 4.42 Å². The zero-order valence-electron chi connectivity index (χ0n) is 37.4. The van der Waals surface area contributed by atoms with Crippen molar-refractivity contribution in [3.05, 3.63) is 224 Å². The second-order valence-corrected chi connectivity index (χ2v) is 22.9. The number of anilines is 2. The Balaban J connectivity index is 1.13. The van der Waals surface area contributed by atoms with Crippen molar-refractivity contribution in [3.63, 3.8) is 0 Å². The summed E-state index contributed by atoms with van der Waals surface area (Å²) in [5, 5.41) is 10.3. The van der Waals surface area contributed by atoms with E-state index in [1.807, 2.05) is 0 Å². The van der Waals surface area contributed by atoms with Gasteiger partial charge in [0.25, 0.3) is 0 Å². The normalized spacial score (nSPS) is 18.3. The van der Waals surface area contributed by atoms with Crippen molar-refractivity contribution in [2.45, 2.75) is 50.5 Å². The minimum atomic E-state index is -2.82. The van der Waals surface area contributed by atoms with E-state index in [1.54, 1.807) is 0 Å². The number of aromatic nitrogens is 1. The van der Waals surface area contributed by atoms with Gasteiger partial charge in [0.05, 0.1) is 22.3 Å². The molecule has 318 valence electrons. The van der Waals surface area contributed by atoms with Crippen LogP contribution in [0.25, 0.3) is 60.6 Å². The molecule has 2 aromatic heterocycles. The van der Waals surface area contributed by atoms with Crippen molar-refractivity contribution in [2.75, 3.05) is 4.90 Å². The van der Waals surface area contributed by atoms with E-state index in [9.17, 15) is 0 Å². The first-order valence-corrected chi connectivity index (χ1v) is 25.6. The number of para-hydroxylation sites is 3. The van der Waals surface area contributed by atoms with Crippen molar-refractivity contribution < 1.29 is 4.42 Å². The molecule has 1 aliphatic heterocycles. The highest BCUT2D eigenvalue weighted by Crippen LogP contribution is 2.62. The molecule has 0 radical (unpaired) electrons. The van der Waals surface area contributed by atoms with E-state index in [2.05, 4.69) is 242 Å². The Bertz CT molecular complexity index is 3550. The first-order chi connectivity index (χ1) is 32.5. The van der Waals surface area contributed by atoms with E-state index in [-0.39, 0.29) is 11.0 Å². The van der Waals surface area contributed by atoms with E-state index in [0.717, 1.165) is 39.6 Å². The molecule has 0 bridgehead atoms. The molecular weight excluding hydrogens is 817 g/mol. The lowest BCUT2D eigenvalue weighted by atomic mass is 9.61. The number of nitrogens with zero attached hydrogens (tertiary/aromatic N) is 2. The summed E-state index contributed by atoms with van der Waals surface area (Å²) in [4.78, 5) is 2.78. The lowest BCUT2D eigenvalue weighted by molar-refractivity contribution is 0.195. The summed E-state index contributed by atoms with van der Waals surface area (Å²) >= 11 is 0. The standard InChI is InChI=1S/C62H50N2OSi/c1-61-37-18-19-38-62(61,2)64(55-33-16-14-31-53(55)61)57-40-44(43-35-36-51-50-29-13-17-34-58(50)65-59(51)41-43)39-56-60(57)52-30-12-15-32-54(52)63(56)45-21-20-28-49(42-45)66(46-22-6-3-7-23-46,47-24-8-4-9-25-47)48-26-10-5-11-27-48/h3-17,20-36,39-42H,18-19,37-38H2,1-2H3. The molecule has 0 amide bonds. The van der Waals surface area contributed by atoms with Crippen LogP contribution in [0.15, 0.2) is 223 Å². The van der Waals surface area contributed by atoms with Crippen LogP contribution in [0.5, 0.6) is 0 Å². The van der Waals surface area contributed by atoms with Gasteiger partial charge in [0.1, 0.15) is 11.2 Å². The van der Waals surface area contributed by atoms with Crippen LogP contribution in [0.3, 0.4) is 0 Å². The molecule has 66 heavy (non-hydrogen) atoms. The van der Waals surface area contributed by atoms with Crippen LogP contribution >= 0.6 is 0 Å². The Hall–Kier alpha value is -7.40. The van der Waals surface area contributed by atoms with Crippen molar-refractivity contribution in [2.24, 2.45) is 0 Å². The molecule has 1 saturated carbocycles. The van der Waals surface area contributed by atoms with Gasteiger partial charge >= 0.3 is 0 Å². The summed E-state index contributed by atoms with van der Waals surface area (Å²) in [6, 6.07) is 81.9. The smallest absolute Gasteiger partial charge is 0.179 e. The van der Waals surface area contributed by atoms with Gasteiger partial charge in [-0.3, -0.25) is 0 Å². The number of benzene rings is 9. The molecule has 3 nitrogen and oxygen atoms in total. The molecule has 9 aromatic carbocycles. The predicted octanol–water partition coefficient (Wildman–Crippen LogP) is 13.5. The molecule has 13 rings (SSSR count). The molecule has 2 aliphatic rings. The highest BCUT2D eigenvalue weighted by Gasteiger charge is 2.58. The molecule has 4 heteroatoms. The minimum absolute atomic E-state index is 0.00430. The maximum absolute atomic E-state index is 6.56. The van der Waals surface area contributed by atoms with Crippen molar-refractivity contribution >= 4 is 83.9 Å². The second kappa shape index (κ2) is 14.8. The van der Waals surface area contributed by atoms with E-state index in [0.29, 0.717) is 0 Å². The third kappa shape index (κ3) is 5.48. The average Bonchev–Trinajstić information content (AvgIpc) is 3.98. The first kappa shape index (κ1) is 39.0. The molecule has 0 N–H and O–H groups in total. The summed E-state index contributed by atoms with van der Waals surface area (Å²) in [6.07, 6.45) is 4.76. The number of hydrogen-bond acceptors (Lipinski definition) is 2. The number of furan rings is 1. The quantitative estimate of drug-likeness (QED) is 0.118. The topological polar surface area (TPSA) is 21.3 Å². The summed E-state index contributed by atoms with van der Waals surface area (Å²) in [5.41, 5.74) is 11.6. The number of fused-ring (bicyclic) bond motifs is 9. The Morgan fingerprint density at radius 2 is 1.05 bits per heavy atom. The van der Waals surface area contributed by atoms with Gasteiger partial charge in [-0.2, -0.15) is 0 Å². The fourth-order valence-electron chi connectivity index (χ4n) is 12.6. The van der Waals surface area contributed by atoms with Gasteiger partial charge in [-0.25, -0.2) is 0 Å². The van der Waals surface area contributed by atoms with Crippen LogP contribution in [0.1, 0.15) is 45.1 Å². The lowest BCUT2D eigenvalue weighted by Gasteiger charge is -2.50. The highest BCUT2D eigenvalue weighted by atomic mass is 28.3. The zero-order chi connectivity index (χ0) is 44.0. The zero-order valence-corrected chi connectivity index (χ0v) is 38.4. The van der Waals surface area contributed by atoms with Gasteiger partial charge in [0, 0.05) is 38.3 Å². The largest absolute Gasteiger partial charge is 0.456 e. The summed E-state index contributed by atoms with van der Waals surface area (Å²) in [7, 11) is -2.82. The first-order valence-electron chi connectivity index (χ1n) is 23.6. The van der Waals surface area contributed by atoms with Crippen molar-refractivity contribution in [3.8, 4) is 16.8 Å². The molecule has 3 heterocycles. The molecule has 1 aliphatic carbocycles. The van der Waals surface area contributed by atoms with Gasteiger partial charge in [0.15, 0.2) is 8.07 Å². The number of hydrogen-bond donors (Lipinski definition) is 0. The van der Waals surface area contributed by atoms with Gasteiger partial charge in [-0.05, 0) is 112 Å². The van der Waals surface area contributed by atoms with Gasteiger partial charge in [-0.15, -0.1) is 0 Å². The molecular formula is C62H50N2OSi. The maximum Gasteiger partial charge on any atom is 0.179 e. The van der Waals surface area contributed by atoms with Gasteiger partial charge in [0.2, 0.25) is 0 Å². The van der Waals surface area contributed by atoms with Gasteiger partial charge in [-0.1, -0.05) is 184 Å². The van der Waals surface area contributed by atoms with Crippen LogP contribution in [0.4, 0.5) is 11.4 Å². The molecule has 2 atom stereocenters. The summed E-state index contributed by atoms with van der Waals surface area (Å²) in [5.74, 6) is 0. The SMILES string of the molecule is CC12CCCCC1(C)N(c1cc(-c3ccc4c(c3)oc3ccccc34)cc3c1c1ccccc1n3-c1cccc([Si](c3ccccc3)(c3ccccc3)c3ccccc3)c1)c1ccccc12. The van der Waals surface area contributed by atoms with Crippen molar-refractivity contribution in [1.29, 1.82) is 0 Å². The average molecular weight is 867 g/mol. The maximum atomic E-state index is 6.56. The fraction of sp³-hybridized carbons (Fsp3) is 0.129. The molecule has 1 fully saturated rings. The summed E-state index contributed by atoms with van der Waals surface area (Å²) in [6.45, 7) is 5.09. The molecule has 11 aromatic rings. The van der Waals surface area contributed by atoms with Crippen molar-refractivity contribution in [1.82, 2.24) is 4.57 Å². The Labute approximate surface area is 387 Å². The monoisotopic (exact) mass is 866 g/mol. The van der Waals surface area contributed by atoms with Crippen LogP contribution in [-0.2, 0) is 5.41 Å². The van der Waals surface area contributed by atoms with Crippen LogP contribution in [0.2, 0.25) is 0 Å². The Morgan fingerprint density at radius 3 is 1.79 bits per heavy atom. The van der Waals surface area contributed by atoms with Crippen LogP contribution in [-0.4, -0.2) is 18.2 Å². The van der Waals surface area contributed by atoms with E-state index < -0.39 is 8.07 Å². The van der Waals surface area contributed by atoms with E-state index >= 15 is 0 Å². The Morgan fingerprint density at radius 1 is 0.439 bits per heavy atom. The molecule has 0 spiro atoms. The van der Waals surface area contributed by atoms with Crippen LogP contribution in [0, 0.1) is 0 Å². The van der Waals surface area contributed by atoms with Crippen LogP contribution < -0.4 is 25.6 Å². The van der Waals surface area contributed by atoms with Gasteiger partial charge < -0.3 is 13.9 Å². The summed E-state index contributed by atoms with van der Waals surface area (Å²) < 4.78 is 9.12. The molecule has 2 unspecified atom stereocenters. The highest BCUT2D eigenvalue weighted by molar-refractivity contribution is 7.19. The fourth-order valence-corrected chi connectivity index (χ4v) is 17.4. The lowest BCUT2D eigenvalue weighted by Crippen LogP contribution is -2.74. The third-order valence-corrected chi connectivity index (χ3v) is 20.6. The van der Waals surface area contributed by atoms with E-state index in [1.165, 1.54) is 84.3 Å². The Kier molecular flexibility index (Phi) is 8.75. The second-order valence-electron chi connectivity index (χ2n) is 19.1. The predicted molar refractivity (Wildman–Crippen MR) is 280 cm³/mol. The molecule has 0 saturated heterocycles. The minimum Gasteiger partial charge on any atom is -0.456 e.